The Balaban J connectivity index is 2.34. The average molecular weight is 285 g/mol. The van der Waals surface area contributed by atoms with Crippen LogP contribution in [0.25, 0.3) is 0 Å². The maximum absolute atomic E-state index is 11.2. The van der Waals surface area contributed by atoms with Crippen molar-refractivity contribution < 1.29 is 9.90 Å². The molecule has 0 aliphatic carbocycles. The molecule has 5 nitrogen and oxygen atoms in total. The molecule has 21 heavy (non-hydrogen) atoms. The highest BCUT2D eigenvalue weighted by molar-refractivity contribution is 5.86. The van der Waals surface area contributed by atoms with Crippen molar-refractivity contribution in [2.24, 2.45) is 0 Å². The highest BCUT2D eigenvalue weighted by Crippen LogP contribution is 2.15. The summed E-state index contributed by atoms with van der Waals surface area (Å²) in [4.78, 5) is 19.7. The highest BCUT2D eigenvalue weighted by atomic mass is 16.4. The lowest BCUT2D eigenvalue weighted by Crippen LogP contribution is -2.27. The third-order valence-corrected chi connectivity index (χ3v) is 2.70. The molecule has 0 spiro atoms. The van der Waals surface area contributed by atoms with Crippen LogP contribution < -0.4 is 5.32 Å². The Morgan fingerprint density at radius 2 is 1.86 bits per heavy atom. The fourth-order valence-corrected chi connectivity index (χ4v) is 1.91. The monoisotopic (exact) mass is 285 g/mol. The van der Waals surface area contributed by atoms with Gasteiger partial charge in [0.1, 0.15) is 11.6 Å². The predicted octanol–water partition coefficient (Wildman–Crippen LogP) is 2.98. The quantitative estimate of drug-likeness (QED) is 0.903. The van der Waals surface area contributed by atoms with Crippen LogP contribution in [-0.4, -0.2) is 26.6 Å². The molecule has 0 atom stereocenters. The summed E-state index contributed by atoms with van der Waals surface area (Å²) in [7, 11) is 0. The topological polar surface area (TPSA) is 75.1 Å². The van der Waals surface area contributed by atoms with Crippen LogP contribution in [0.4, 0.5) is 5.82 Å². The summed E-state index contributed by atoms with van der Waals surface area (Å²) in [5, 5.41) is 12.4. The number of anilines is 1. The van der Waals surface area contributed by atoms with Crippen LogP contribution in [0.5, 0.6) is 0 Å². The van der Waals surface area contributed by atoms with Crippen LogP contribution in [0.3, 0.4) is 0 Å². The first-order valence-electron chi connectivity index (χ1n) is 6.77. The molecule has 0 aliphatic rings. The number of carbonyl (C=O) groups is 1. The molecule has 1 aromatic heterocycles. The lowest BCUT2D eigenvalue weighted by Gasteiger charge is -2.21. The summed E-state index contributed by atoms with van der Waals surface area (Å²) in [5.74, 6) is -0.0302. The molecule has 0 fully saturated rings. The molecule has 2 N–H and O–H groups in total. The third kappa shape index (κ3) is 4.56. The molecule has 110 valence electrons. The Morgan fingerprint density at radius 1 is 1.19 bits per heavy atom. The van der Waals surface area contributed by atoms with Gasteiger partial charge in [0, 0.05) is 18.0 Å². The normalized spacial score (nSPS) is 11.2. The van der Waals surface area contributed by atoms with E-state index in [2.05, 4.69) is 15.3 Å². The van der Waals surface area contributed by atoms with E-state index in [1.165, 1.54) is 6.07 Å². The van der Waals surface area contributed by atoms with Crippen LogP contribution in [-0.2, 0) is 6.42 Å². The molecule has 0 amide bonds. The molecular weight excluding hydrogens is 266 g/mol. The van der Waals surface area contributed by atoms with Gasteiger partial charge >= 0.3 is 5.97 Å². The molecular formula is C16H19N3O2. The van der Waals surface area contributed by atoms with E-state index in [-0.39, 0.29) is 11.2 Å². The molecule has 2 aromatic rings. The number of carboxylic acid groups (broad SMARTS) is 1. The van der Waals surface area contributed by atoms with Gasteiger partial charge in [0.15, 0.2) is 5.69 Å². The number of aromatic nitrogens is 2. The molecule has 0 unspecified atom stereocenters. The maximum atomic E-state index is 11.2. The Morgan fingerprint density at radius 3 is 2.43 bits per heavy atom. The summed E-state index contributed by atoms with van der Waals surface area (Å²) < 4.78 is 0. The van der Waals surface area contributed by atoms with Gasteiger partial charge in [-0.25, -0.2) is 14.8 Å². The van der Waals surface area contributed by atoms with E-state index in [1.54, 1.807) is 0 Å². The molecule has 1 aromatic carbocycles. The molecule has 0 saturated carbocycles. The summed E-state index contributed by atoms with van der Waals surface area (Å²) in [6.45, 7) is 5.98. The number of hydrogen-bond donors (Lipinski definition) is 2. The summed E-state index contributed by atoms with van der Waals surface area (Å²) >= 11 is 0. The molecule has 5 heteroatoms. The largest absolute Gasteiger partial charge is 0.477 e. The van der Waals surface area contributed by atoms with E-state index < -0.39 is 5.97 Å². The smallest absolute Gasteiger partial charge is 0.354 e. The molecule has 0 saturated heterocycles. The van der Waals surface area contributed by atoms with Crippen molar-refractivity contribution in [2.45, 2.75) is 32.7 Å². The lowest BCUT2D eigenvalue weighted by molar-refractivity contribution is 0.0690. The van der Waals surface area contributed by atoms with Crippen LogP contribution in [0.2, 0.25) is 0 Å². The van der Waals surface area contributed by atoms with Gasteiger partial charge in [-0.2, -0.15) is 0 Å². The SMILES string of the molecule is CC(C)(C)Nc1cc(C(=O)O)nc(Cc2ccccc2)n1. The van der Waals surface area contributed by atoms with E-state index in [1.807, 2.05) is 51.1 Å². The number of aromatic carboxylic acids is 1. The van der Waals surface area contributed by atoms with Gasteiger partial charge in [-0.1, -0.05) is 30.3 Å². The van der Waals surface area contributed by atoms with Gasteiger partial charge < -0.3 is 10.4 Å². The number of benzene rings is 1. The molecule has 0 radical (unpaired) electrons. The van der Waals surface area contributed by atoms with Gasteiger partial charge in [0.25, 0.3) is 0 Å². The first kappa shape index (κ1) is 15.0. The Kier molecular flexibility index (Phi) is 4.21. The first-order chi connectivity index (χ1) is 9.83. The third-order valence-electron chi connectivity index (χ3n) is 2.70. The Bertz CT molecular complexity index is 634. The van der Waals surface area contributed by atoms with E-state index >= 15 is 0 Å². The van der Waals surface area contributed by atoms with E-state index in [4.69, 9.17) is 0 Å². The summed E-state index contributed by atoms with van der Waals surface area (Å²) in [6.07, 6.45) is 0.501. The second-order valence-electron chi connectivity index (χ2n) is 5.90. The average Bonchev–Trinajstić information content (AvgIpc) is 2.37. The lowest BCUT2D eigenvalue weighted by atomic mass is 10.1. The molecule has 0 aliphatic heterocycles. The number of nitrogens with one attached hydrogen (secondary N) is 1. The van der Waals surface area contributed by atoms with Crippen molar-refractivity contribution in [2.75, 3.05) is 5.32 Å². The van der Waals surface area contributed by atoms with Crippen molar-refractivity contribution in [3.8, 4) is 0 Å². The van der Waals surface area contributed by atoms with Crippen molar-refractivity contribution in [1.29, 1.82) is 0 Å². The second kappa shape index (κ2) is 5.91. The summed E-state index contributed by atoms with van der Waals surface area (Å²) in [5.41, 5.74) is 0.846. The van der Waals surface area contributed by atoms with Gasteiger partial charge in [-0.15, -0.1) is 0 Å². The predicted molar refractivity (Wildman–Crippen MR) is 81.6 cm³/mol. The van der Waals surface area contributed by atoms with Gasteiger partial charge in [0.05, 0.1) is 0 Å². The van der Waals surface area contributed by atoms with Crippen molar-refractivity contribution in [3.05, 3.63) is 53.5 Å². The number of hydrogen-bond acceptors (Lipinski definition) is 4. The van der Waals surface area contributed by atoms with E-state index in [0.29, 0.717) is 18.1 Å². The fourth-order valence-electron chi connectivity index (χ4n) is 1.91. The zero-order valence-corrected chi connectivity index (χ0v) is 12.4. The zero-order chi connectivity index (χ0) is 15.5. The second-order valence-corrected chi connectivity index (χ2v) is 5.90. The van der Waals surface area contributed by atoms with Crippen molar-refractivity contribution in [1.82, 2.24) is 9.97 Å². The Labute approximate surface area is 124 Å². The number of nitrogens with zero attached hydrogens (tertiary/aromatic N) is 2. The van der Waals surface area contributed by atoms with Crippen molar-refractivity contribution in [3.63, 3.8) is 0 Å². The minimum Gasteiger partial charge on any atom is -0.477 e. The maximum Gasteiger partial charge on any atom is 0.354 e. The fraction of sp³-hybridized carbons (Fsp3) is 0.312. The van der Waals surface area contributed by atoms with Crippen LogP contribution in [0.1, 0.15) is 42.6 Å². The number of carboxylic acids is 1. The first-order valence-corrected chi connectivity index (χ1v) is 6.77. The van der Waals surface area contributed by atoms with Crippen LogP contribution in [0.15, 0.2) is 36.4 Å². The van der Waals surface area contributed by atoms with E-state index in [0.717, 1.165) is 5.56 Å². The molecule has 0 bridgehead atoms. The minimum atomic E-state index is -1.05. The zero-order valence-electron chi connectivity index (χ0n) is 12.4. The minimum absolute atomic E-state index is 0.00248. The van der Waals surface area contributed by atoms with Crippen LogP contribution >= 0.6 is 0 Å². The van der Waals surface area contributed by atoms with Gasteiger partial charge in [-0.05, 0) is 26.3 Å². The van der Waals surface area contributed by atoms with Crippen LogP contribution in [0, 0.1) is 0 Å². The molecule has 1 heterocycles. The number of rotatable bonds is 4. The molecule has 2 rings (SSSR count). The van der Waals surface area contributed by atoms with E-state index in [9.17, 15) is 9.90 Å². The highest BCUT2D eigenvalue weighted by Gasteiger charge is 2.15. The van der Waals surface area contributed by atoms with Crippen molar-refractivity contribution >= 4 is 11.8 Å². The van der Waals surface area contributed by atoms with Gasteiger partial charge in [0.2, 0.25) is 0 Å². The summed E-state index contributed by atoms with van der Waals surface area (Å²) in [6, 6.07) is 11.2. The Hall–Kier alpha value is -2.43. The van der Waals surface area contributed by atoms with Gasteiger partial charge in [-0.3, -0.25) is 0 Å². The standard InChI is InChI=1S/C16H19N3O2/c1-16(2,3)19-14-10-12(15(20)21)17-13(18-14)9-11-7-5-4-6-8-11/h4-8,10H,9H2,1-3H3,(H,20,21)(H,17,18,19).